The van der Waals surface area contributed by atoms with Crippen molar-refractivity contribution in [1.82, 2.24) is 20.4 Å². The average Bonchev–Trinajstić information content (AvgIpc) is 3.24. The highest BCUT2D eigenvalue weighted by molar-refractivity contribution is 5.97. The molecule has 1 aromatic carbocycles. The van der Waals surface area contributed by atoms with Crippen molar-refractivity contribution in [2.75, 3.05) is 13.2 Å². The Hall–Kier alpha value is -3.36. The summed E-state index contributed by atoms with van der Waals surface area (Å²) in [6.45, 7) is 4.23. The van der Waals surface area contributed by atoms with Crippen molar-refractivity contribution in [1.29, 1.82) is 0 Å². The maximum atomic E-state index is 12.7. The Bertz CT molecular complexity index is 918. The first-order valence-corrected chi connectivity index (χ1v) is 8.56. The number of aromatic nitrogens is 2. The fourth-order valence-corrected chi connectivity index (χ4v) is 3.19. The van der Waals surface area contributed by atoms with E-state index in [1.807, 2.05) is 19.1 Å². The van der Waals surface area contributed by atoms with Crippen LogP contribution in [-0.4, -0.2) is 40.3 Å². The van der Waals surface area contributed by atoms with Crippen LogP contribution in [0.1, 0.15) is 30.3 Å². The number of carbonyl (C=O) groups excluding carboxylic acids is 2. The molecule has 2 aromatic rings. The van der Waals surface area contributed by atoms with E-state index in [9.17, 15) is 9.59 Å². The van der Waals surface area contributed by atoms with E-state index in [0.29, 0.717) is 23.8 Å². The van der Waals surface area contributed by atoms with Gasteiger partial charge in [0.1, 0.15) is 18.9 Å². The van der Waals surface area contributed by atoms with Crippen LogP contribution in [0.5, 0.6) is 5.75 Å². The van der Waals surface area contributed by atoms with E-state index in [1.165, 1.54) is 4.90 Å². The zero-order chi connectivity index (χ0) is 19.0. The molecule has 0 radical (unpaired) electrons. The largest absolute Gasteiger partial charge is 0.494 e. The van der Waals surface area contributed by atoms with Gasteiger partial charge in [0.2, 0.25) is 11.8 Å². The Morgan fingerprint density at radius 3 is 2.70 bits per heavy atom. The van der Waals surface area contributed by atoms with Gasteiger partial charge in [0.25, 0.3) is 0 Å². The van der Waals surface area contributed by atoms with Gasteiger partial charge in [0.15, 0.2) is 0 Å². The van der Waals surface area contributed by atoms with E-state index in [2.05, 4.69) is 15.5 Å². The maximum Gasteiger partial charge on any atom is 0.338 e. The zero-order valence-corrected chi connectivity index (χ0v) is 14.9. The molecule has 9 heteroatoms. The first kappa shape index (κ1) is 17.1. The van der Waals surface area contributed by atoms with Crippen LogP contribution in [0.25, 0.3) is 0 Å². The molecule has 0 fully saturated rings. The molecule has 1 atom stereocenters. The molecule has 2 amide bonds. The Morgan fingerprint density at radius 1 is 1.26 bits per heavy atom. The molecule has 0 aliphatic carbocycles. The number of esters is 1. The molecule has 0 bridgehead atoms. The normalized spacial score (nSPS) is 19.0. The fourth-order valence-electron chi connectivity index (χ4n) is 3.19. The summed E-state index contributed by atoms with van der Waals surface area (Å²) in [4.78, 5) is 26.4. The molecule has 2 aliphatic heterocycles. The zero-order valence-electron chi connectivity index (χ0n) is 14.9. The van der Waals surface area contributed by atoms with Gasteiger partial charge in [-0.25, -0.2) is 9.59 Å². The van der Waals surface area contributed by atoms with Crippen molar-refractivity contribution in [2.45, 2.75) is 26.4 Å². The fraction of sp³-hybridized carbons (Fsp3) is 0.333. The van der Waals surface area contributed by atoms with E-state index >= 15 is 0 Å². The van der Waals surface area contributed by atoms with Crippen molar-refractivity contribution in [3.05, 3.63) is 52.9 Å². The van der Waals surface area contributed by atoms with E-state index in [1.54, 1.807) is 19.1 Å². The Kier molecular flexibility index (Phi) is 4.27. The summed E-state index contributed by atoms with van der Waals surface area (Å²) in [7, 11) is 0. The molecule has 0 saturated carbocycles. The van der Waals surface area contributed by atoms with Gasteiger partial charge in [0, 0.05) is 6.92 Å². The highest BCUT2D eigenvalue weighted by Crippen LogP contribution is 2.36. The van der Waals surface area contributed by atoms with Crippen molar-refractivity contribution >= 4 is 12.0 Å². The number of nitrogens with one attached hydrogen (secondary N) is 1. The molecule has 2 aliphatic rings. The van der Waals surface area contributed by atoms with Gasteiger partial charge in [-0.3, -0.25) is 4.90 Å². The molecule has 3 heterocycles. The first-order chi connectivity index (χ1) is 13.1. The number of amides is 2. The number of cyclic esters (lactones) is 1. The number of urea groups is 1. The van der Waals surface area contributed by atoms with Crippen molar-refractivity contribution in [3.63, 3.8) is 0 Å². The molecular formula is C18H18N4O5. The van der Waals surface area contributed by atoms with E-state index < -0.39 is 12.0 Å². The summed E-state index contributed by atoms with van der Waals surface area (Å²) < 4.78 is 16.0. The topological polar surface area (TPSA) is 107 Å². The van der Waals surface area contributed by atoms with Crippen LogP contribution >= 0.6 is 0 Å². The molecule has 1 aromatic heterocycles. The van der Waals surface area contributed by atoms with E-state index in [4.69, 9.17) is 13.9 Å². The molecule has 0 spiro atoms. The SMILES string of the molecule is CCOc1ccc([C@@H]2NC(=O)N(Cc3nnc(C)o3)C3=C2C(=O)OC3)cc1. The lowest BCUT2D eigenvalue weighted by Crippen LogP contribution is -2.46. The quantitative estimate of drug-likeness (QED) is 0.801. The number of aryl methyl sites for hydroxylation is 1. The van der Waals surface area contributed by atoms with Gasteiger partial charge in [-0.1, -0.05) is 12.1 Å². The molecule has 0 saturated heterocycles. The van der Waals surface area contributed by atoms with Crippen molar-refractivity contribution in [2.24, 2.45) is 0 Å². The van der Waals surface area contributed by atoms with E-state index in [-0.39, 0.29) is 25.1 Å². The van der Waals surface area contributed by atoms with Gasteiger partial charge < -0.3 is 19.2 Å². The predicted octanol–water partition coefficient (Wildman–Crippen LogP) is 1.85. The molecule has 27 heavy (non-hydrogen) atoms. The minimum Gasteiger partial charge on any atom is -0.494 e. The molecule has 4 rings (SSSR count). The minimum absolute atomic E-state index is 0.0300. The van der Waals surface area contributed by atoms with Gasteiger partial charge in [-0.15, -0.1) is 10.2 Å². The van der Waals surface area contributed by atoms with E-state index in [0.717, 1.165) is 11.3 Å². The molecular weight excluding hydrogens is 352 g/mol. The summed E-state index contributed by atoms with van der Waals surface area (Å²) in [6, 6.07) is 6.31. The summed E-state index contributed by atoms with van der Waals surface area (Å²) in [5, 5.41) is 10.5. The number of nitrogens with zero attached hydrogens (tertiary/aromatic N) is 3. The average molecular weight is 370 g/mol. The Morgan fingerprint density at radius 2 is 2.04 bits per heavy atom. The number of hydrogen-bond acceptors (Lipinski definition) is 7. The third-order valence-corrected chi connectivity index (χ3v) is 4.38. The highest BCUT2D eigenvalue weighted by atomic mass is 16.5. The second-order valence-electron chi connectivity index (χ2n) is 6.12. The third kappa shape index (κ3) is 3.12. The van der Waals surface area contributed by atoms with Gasteiger partial charge in [0.05, 0.1) is 23.9 Å². The monoisotopic (exact) mass is 370 g/mol. The molecule has 0 unspecified atom stereocenters. The van der Waals surface area contributed by atoms with Crippen molar-refractivity contribution < 1.29 is 23.5 Å². The van der Waals surface area contributed by atoms with Crippen LogP contribution in [0.3, 0.4) is 0 Å². The predicted molar refractivity (Wildman–Crippen MR) is 91.4 cm³/mol. The Balaban J connectivity index is 1.66. The summed E-state index contributed by atoms with van der Waals surface area (Å²) >= 11 is 0. The first-order valence-electron chi connectivity index (χ1n) is 8.56. The maximum absolute atomic E-state index is 12.7. The number of rotatable bonds is 5. The number of hydrogen-bond donors (Lipinski definition) is 1. The van der Waals surface area contributed by atoms with Crippen LogP contribution < -0.4 is 10.1 Å². The van der Waals surface area contributed by atoms with Gasteiger partial charge in [-0.05, 0) is 24.6 Å². The number of carbonyl (C=O) groups is 2. The van der Waals surface area contributed by atoms with Crippen molar-refractivity contribution in [3.8, 4) is 5.75 Å². The lowest BCUT2D eigenvalue weighted by molar-refractivity contribution is -0.136. The van der Waals surface area contributed by atoms with Gasteiger partial charge in [-0.2, -0.15) is 0 Å². The van der Waals surface area contributed by atoms with Crippen LogP contribution in [0.2, 0.25) is 0 Å². The third-order valence-electron chi connectivity index (χ3n) is 4.38. The second-order valence-corrected chi connectivity index (χ2v) is 6.12. The second kappa shape index (κ2) is 6.75. The highest BCUT2D eigenvalue weighted by Gasteiger charge is 2.42. The molecule has 140 valence electrons. The lowest BCUT2D eigenvalue weighted by Gasteiger charge is -2.32. The molecule has 1 N–H and O–H groups in total. The van der Waals surface area contributed by atoms with Crippen LogP contribution in [-0.2, 0) is 16.1 Å². The summed E-state index contributed by atoms with van der Waals surface area (Å²) in [5.41, 5.74) is 1.69. The van der Waals surface area contributed by atoms with Crippen LogP contribution in [0.15, 0.2) is 40.0 Å². The number of ether oxygens (including phenoxy) is 2. The number of benzene rings is 1. The van der Waals surface area contributed by atoms with Crippen LogP contribution in [0, 0.1) is 6.92 Å². The Labute approximate surface area is 154 Å². The molecule has 9 nitrogen and oxygen atoms in total. The summed E-state index contributed by atoms with van der Waals surface area (Å²) in [6.07, 6.45) is 0. The summed E-state index contributed by atoms with van der Waals surface area (Å²) in [5.74, 6) is 0.964. The van der Waals surface area contributed by atoms with Crippen LogP contribution in [0.4, 0.5) is 4.79 Å². The van der Waals surface area contributed by atoms with Gasteiger partial charge >= 0.3 is 12.0 Å². The smallest absolute Gasteiger partial charge is 0.338 e. The standard InChI is InChI=1S/C18H18N4O5/c1-3-25-12-6-4-11(5-7-12)16-15-13(9-26-17(15)23)22(18(24)19-16)8-14-21-20-10(2)27-14/h4-7,16H,3,8-9H2,1-2H3,(H,19,24)/t16-/m0/s1. The lowest BCUT2D eigenvalue weighted by atomic mass is 9.95. The minimum atomic E-state index is -0.584.